The molecule has 4 fully saturated rings. The van der Waals surface area contributed by atoms with Crippen molar-refractivity contribution in [2.75, 3.05) is 6.61 Å². The lowest BCUT2D eigenvalue weighted by atomic mass is 9.43. The van der Waals surface area contributed by atoms with Crippen molar-refractivity contribution < 1.29 is 33.7 Å². The van der Waals surface area contributed by atoms with E-state index in [9.17, 15) is 19.5 Å². The summed E-state index contributed by atoms with van der Waals surface area (Å²) >= 11 is 0. The highest BCUT2D eigenvalue weighted by molar-refractivity contribution is 5.95. The van der Waals surface area contributed by atoms with E-state index in [1.165, 1.54) is 6.20 Å². The van der Waals surface area contributed by atoms with Crippen molar-refractivity contribution in [2.24, 2.45) is 22.7 Å². The first-order chi connectivity index (χ1) is 18.6. The van der Waals surface area contributed by atoms with E-state index in [0.29, 0.717) is 32.1 Å². The summed E-state index contributed by atoms with van der Waals surface area (Å²) in [4.78, 5) is 43.0. The van der Waals surface area contributed by atoms with E-state index in [1.807, 2.05) is 32.1 Å². The van der Waals surface area contributed by atoms with Crippen LogP contribution in [0, 0.1) is 22.7 Å². The third-order valence-corrected chi connectivity index (χ3v) is 10.8. The molecule has 8 atom stereocenters. The zero-order valence-corrected chi connectivity index (χ0v) is 22.9. The number of aliphatic hydroxyl groups is 1. The van der Waals surface area contributed by atoms with Crippen molar-refractivity contribution in [1.82, 2.24) is 4.98 Å². The maximum atomic E-state index is 14.1. The van der Waals surface area contributed by atoms with Crippen LogP contribution in [0.3, 0.4) is 0 Å². The van der Waals surface area contributed by atoms with Crippen molar-refractivity contribution in [2.45, 2.75) is 89.3 Å². The molecule has 1 saturated heterocycles. The quantitative estimate of drug-likeness (QED) is 0.443. The van der Waals surface area contributed by atoms with Crippen LogP contribution >= 0.6 is 0 Å². The molecule has 8 nitrogen and oxygen atoms in total. The summed E-state index contributed by atoms with van der Waals surface area (Å²) in [7, 11) is 0. The van der Waals surface area contributed by atoms with Crippen LogP contribution in [-0.2, 0) is 23.8 Å². The summed E-state index contributed by atoms with van der Waals surface area (Å²) in [5, 5.41) is 11.8. The summed E-state index contributed by atoms with van der Waals surface area (Å²) in [6, 6.07) is 3.23. The Balaban J connectivity index is 1.37. The van der Waals surface area contributed by atoms with Gasteiger partial charge < -0.3 is 19.3 Å². The van der Waals surface area contributed by atoms with Crippen LogP contribution in [0.15, 0.2) is 48.3 Å². The molecule has 0 spiro atoms. The Kier molecular flexibility index (Phi) is 6.25. The minimum atomic E-state index is -1.27. The third kappa shape index (κ3) is 3.60. The first-order valence-corrected chi connectivity index (χ1v) is 14.1. The number of fused-ring (bicyclic) bond motifs is 3. The summed E-state index contributed by atoms with van der Waals surface area (Å²) in [6.07, 6.45) is 11.2. The number of carbonyl (C=O) groups is 3. The number of ketones is 2. The number of hydrogen-bond acceptors (Lipinski definition) is 8. The lowest BCUT2D eigenvalue weighted by Gasteiger charge is -2.67. The fourth-order valence-electron chi connectivity index (χ4n) is 9.05. The van der Waals surface area contributed by atoms with Gasteiger partial charge in [0.05, 0.1) is 17.3 Å². The van der Waals surface area contributed by atoms with Crippen LogP contribution in [0.1, 0.15) is 76.1 Å². The second-order valence-electron chi connectivity index (χ2n) is 12.4. The molecule has 1 N–H and O–H groups in total. The number of aliphatic hydroxyl groups excluding tert-OH is 1. The summed E-state index contributed by atoms with van der Waals surface area (Å²) < 4.78 is 18.9. The highest BCUT2D eigenvalue weighted by atomic mass is 16.7. The largest absolute Gasteiger partial charge is 0.454 e. The third-order valence-electron chi connectivity index (χ3n) is 10.8. The maximum Gasteiger partial charge on any atom is 0.340 e. The number of rotatable bonds is 5. The standard InChI is InChI=1S/C31H37NO7/c1-4-6-25-38-30-12-13-31(39-25,24(35)18-37-27(36)19-7-5-14-32-17-19)29(30,3)16-23(34)26-22(30)9-8-20-15-21(33)10-11-28(20,26)2/h4-7,14-15,17,22-23,25-26,34H,8-13,16,18H2,1-3H3/b6-4+/t22-,23+,25?,26-,28+,29+,30-,31+/m1/s1. The zero-order chi connectivity index (χ0) is 27.6. The molecule has 39 heavy (non-hydrogen) atoms. The maximum absolute atomic E-state index is 14.1. The molecule has 3 saturated carbocycles. The van der Waals surface area contributed by atoms with Gasteiger partial charge in [0.1, 0.15) is 5.60 Å². The smallest absolute Gasteiger partial charge is 0.340 e. The van der Waals surface area contributed by atoms with Crippen molar-refractivity contribution in [3.8, 4) is 0 Å². The van der Waals surface area contributed by atoms with Crippen molar-refractivity contribution in [1.29, 1.82) is 0 Å². The zero-order valence-electron chi connectivity index (χ0n) is 22.9. The molecule has 0 radical (unpaired) electrons. The van der Waals surface area contributed by atoms with Gasteiger partial charge in [-0.25, -0.2) is 4.79 Å². The Morgan fingerprint density at radius 3 is 2.77 bits per heavy atom. The molecule has 1 aromatic rings. The van der Waals surface area contributed by atoms with Crippen molar-refractivity contribution >= 4 is 17.5 Å². The molecule has 2 heterocycles. The van der Waals surface area contributed by atoms with Gasteiger partial charge in [0.25, 0.3) is 0 Å². The van der Waals surface area contributed by atoms with Gasteiger partial charge in [-0.1, -0.05) is 25.5 Å². The topological polar surface area (TPSA) is 112 Å². The minimum Gasteiger partial charge on any atom is -0.454 e. The highest BCUT2D eigenvalue weighted by Crippen LogP contribution is 2.73. The van der Waals surface area contributed by atoms with E-state index >= 15 is 0 Å². The number of ether oxygens (including phenoxy) is 3. The second-order valence-corrected chi connectivity index (χ2v) is 12.4. The number of carbonyl (C=O) groups excluding carboxylic acids is 3. The van der Waals surface area contributed by atoms with E-state index in [1.54, 1.807) is 18.3 Å². The number of aromatic nitrogens is 1. The van der Waals surface area contributed by atoms with E-state index in [4.69, 9.17) is 14.2 Å². The number of Topliss-reactive ketones (excluding diaryl/α,β-unsaturated/α-hetero) is 1. The van der Waals surface area contributed by atoms with Crippen LogP contribution < -0.4 is 0 Å². The average Bonchev–Trinajstić information content (AvgIpc) is 3.04. The predicted octanol–water partition coefficient (Wildman–Crippen LogP) is 4.12. The van der Waals surface area contributed by atoms with E-state index in [-0.39, 0.29) is 34.4 Å². The lowest BCUT2D eigenvalue weighted by Crippen LogP contribution is -2.74. The van der Waals surface area contributed by atoms with Gasteiger partial charge in [0.15, 0.2) is 18.7 Å². The number of allylic oxidation sites excluding steroid dienone is 2. The predicted molar refractivity (Wildman–Crippen MR) is 140 cm³/mol. The van der Waals surface area contributed by atoms with Gasteiger partial charge in [-0.05, 0) is 87.0 Å². The summed E-state index contributed by atoms with van der Waals surface area (Å²) in [5.74, 6) is -0.855. The van der Waals surface area contributed by atoms with Crippen molar-refractivity contribution in [3.05, 3.63) is 53.9 Å². The number of pyridine rings is 1. The Morgan fingerprint density at radius 1 is 1.21 bits per heavy atom. The Labute approximate surface area is 228 Å². The first-order valence-electron chi connectivity index (χ1n) is 14.1. The van der Waals surface area contributed by atoms with E-state index < -0.39 is 41.6 Å². The summed E-state index contributed by atoms with van der Waals surface area (Å²) in [6.45, 7) is 5.66. The van der Waals surface area contributed by atoms with Crippen molar-refractivity contribution in [3.63, 3.8) is 0 Å². The highest BCUT2D eigenvalue weighted by Gasteiger charge is 2.79. The molecule has 1 aromatic heterocycles. The van der Waals surface area contributed by atoms with Gasteiger partial charge in [-0.2, -0.15) is 0 Å². The fourth-order valence-corrected chi connectivity index (χ4v) is 9.05. The van der Waals surface area contributed by atoms with Gasteiger partial charge in [0, 0.05) is 24.2 Å². The van der Waals surface area contributed by atoms with Gasteiger partial charge in [-0.15, -0.1) is 0 Å². The van der Waals surface area contributed by atoms with Gasteiger partial charge in [0.2, 0.25) is 5.78 Å². The van der Waals surface area contributed by atoms with Crippen LogP contribution in [0.25, 0.3) is 0 Å². The SMILES string of the molecule is C/C=C/C1O[C@]2(C(=O)COC(=O)c3cccnc3)CC[C@@]3(O1)[C@@H]1CCC4=CC(=O)CC[C@]4(C)[C@H]1[C@@H](O)C[C@]23C. The Hall–Kier alpha value is -2.68. The molecule has 4 aliphatic carbocycles. The van der Waals surface area contributed by atoms with Crippen LogP contribution in [0.4, 0.5) is 0 Å². The van der Waals surface area contributed by atoms with Crippen LogP contribution in [0.5, 0.6) is 0 Å². The molecule has 0 amide bonds. The number of esters is 1. The molecule has 2 bridgehead atoms. The normalized spacial score (nSPS) is 42.8. The molecule has 1 aliphatic heterocycles. The minimum absolute atomic E-state index is 0.00845. The van der Waals surface area contributed by atoms with Gasteiger partial charge in [-0.3, -0.25) is 14.6 Å². The molecular formula is C31H37NO7. The van der Waals surface area contributed by atoms with E-state index in [2.05, 4.69) is 11.9 Å². The van der Waals surface area contributed by atoms with Crippen LogP contribution in [0.2, 0.25) is 0 Å². The Bertz CT molecular complexity index is 1260. The number of nitrogens with zero attached hydrogens (tertiary/aromatic N) is 1. The molecule has 6 rings (SSSR count). The van der Waals surface area contributed by atoms with Crippen LogP contribution in [-0.4, -0.2) is 57.8 Å². The summed E-state index contributed by atoms with van der Waals surface area (Å²) in [5.41, 5.74) is -1.67. The molecular weight excluding hydrogens is 498 g/mol. The van der Waals surface area contributed by atoms with E-state index in [0.717, 1.165) is 18.4 Å². The fraction of sp³-hybridized carbons (Fsp3) is 0.613. The second kappa shape index (κ2) is 9.18. The van der Waals surface area contributed by atoms with Gasteiger partial charge >= 0.3 is 5.97 Å². The Morgan fingerprint density at radius 2 is 2.03 bits per heavy atom. The average molecular weight is 536 g/mol. The first kappa shape index (κ1) is 26.5. The molecule has 8 heteroatoms. The lowest BCUT2D eigenvalue weighted by molar-refractivity contribution is -0.365. The number of hydrogen-bond donors (Lipinski definition) is 1. The molecule has 208 valence electrons. The molecule has 1 unspecified atom stereocenters. The monoisotopic (exact) mass is 535 g/mol. The molecule has 0 aromatic carbocycles. The molecule has 5 aliphatic rings.